The van der Waals surface area contributed by atoms with Gasteiger partial charge in [-0.1, -0.05) is 26.8 Å². The molecule has 1 amide bonds. The van der Waals surface area contributed by atoms with Crippen molar-refractivity contribution >= 4 is 17.7 Å². The molecule has 4 aliphatic rings. The van der Waals surface area contributed by atoms with Crippen LogP contribution >= 0.6 is 0 Å². The van der Waals surface area contributed by atoms with Crippen LogP contribution in [0.5, 0.6) is 0 Å². The second-order valence-corrected chi connectivity index (χ2v) is 14.0. The Morgan fingerprint density at radius 2 is 1.77 bits per heavy atom. The van der Waals surface area contributed by atoms with E-state index in [0.29, 0.717) is 18.4 Å². The molecule has 6 rings (SSSR count). The second-order valence-electron chi connectivity index (χ2n) is 14.0. The van der Waals surface area contributed by atoms with Gasteiger partial charge in [-0.3, -0.25) is 19.1 Å². The largest absolute Gasteiger partial charge is 0.481 e. The third kappa shape index (κ3) is 4.12. The Hall–Kier alpha value is -3.24. The summed E-state index contributed by atoms with van der Waals surface area (Å²) in [5, 5.41) is 13.5. The van der Waals surface area contributed by atoms with E-state index in [1.54, 1.807) is 13.8 Å². The molecule has 4 aliphatic carbocycles. The summed E-state index contributed by atoms with van der Waals surface area (Å²) in [6, 6.07) is 1.59. The summed E-state index contributed by atoms with van der Waals surface area (Å²) in [6.45, 7) is 8.73. The number of amides is 1. The van der Waals surface area contributed by atoms with E-state index in [1.165, 1.54) is 24.0 Å². The smallest absolute Gasteiger partial charge is 0.433 e. The van der Waals surface area contributed by atoms with Crippen molar-refractivity contribution in [1.29, 1.82) is 0 Å². The van der Waals surface area contributed by atoms with Crippen molar-refractivity contribution in [2.24, 2.45) is 28.1 Å². The van der Waals surface area contributed by atoms with E-state index in [1.807, 2.05) is 0 Å². The van der Waals surface area contributed by atoms with E-state index in [0.717, 1.165) is 17.3 Å². The van der Waals surface area contributed by atoms with Gasteiger partial charge in [0.05, 0.1) is 30.3 Å². The number of aryl methyl sites for hydroxylation is 1. The number of nitrogens with zero attached hydrogens (tertiary/aromatic N) is 3. The van der Waals surface area contributed by atoms with E-state index in [9.17, 15) is 37.1 Å². The van der Waals surface area contributed by atoms with Gasteiger partial charge in [0.1, 0.15) is 5.82 Å². The number of hydrogen-bond donors (Lipinski definition) is 1. The molecule has 232 valence electrons. The summed E-state index contributed by atoms with van der Waals surface area (Å²) in [7, 11) is 0. The van der Waals surface area contributed by atoms with Crippen LogP contribution in [0.4, 0.5) is 17.6 Å². The summed E-state index contributed by atoms with van der Waals surface area (Å²) in [6.07, 6.45) is -1.19. The number of hydrogen-bond acceptors (Lipinski definition) is 4. The maximum Gasteiger partial charge on any atom is 0.433 e. The first-order valence-electron chi connectivity index (χ1n) is 14.9. The molecule has 0 bridgehead atoms. The monoisotopic (exact) mass is 603 g/mol. The third-order valence-corrected chi connectivity index (χ3v) is 11.9. The lowest BCUT2D eigenvalue weighted by atomic mass is 9.78. The fourth-order valence-corrected chi connectivity index (χ4v) is 9.25. The molecule has 43 heavy (non-hydrogen) atoms. The number of alkyl halides is 3. The highest BCUT2D eigenvalue weighted by Gasteiger charge is 2.97. The van der Waals surface area contributed by atoms with Crippen LogP contribution in [0.3, 0.4) is 0 Å². The molecule has 2 unspecified atom stereocenters. The molecule has 1 N–H and O–H groups in total. The van der Waals surface area contributed by atoms with Gasteiger partial charge in [0, 0.05) is 11.6 Å². The van der Waals surface area contributed by atoms with Gasteiger partial charge in [-0.05, 0) is 91.7 Å². The molecule has 0 spiro atoms. The lowest BCUT2D eigenvalue weighted by molar-refractivity contribution is -0.149. The fraction of sp³-hybridized carbons (Fsp3) is 0.625. The Balaban J connectivity index is 1.35. The van der Waals surface area contributed by atoms with Gasteiger partial charge in [0.25, 0.3) is 5.91 Å². The Kier molecular flexibility index (Phi) is 6.50. The van der Waals surface area contributed by atoms with E-state index in [2.05, 4.69) is 18.9 Å². The van der Waals surface area contributed by atoms with Crippen molar-refractivity contribution in [2.75, 3.05) is 6.54 Å². The van der Waals surface area contributed by atoms with Gasteiger partial charge in [0.2, 0.25) is 0 Å². The molecular weight excluding hydrogens is 566 g/mol. The molecule has 1 heterocycles. The van der Waals surface area contributed by atoms with Crippen LogP contribution in [0, 0.1) is 47.7 Å². The zero-order valence-electron chi connectivity index (χ0n) is 25.0. The minimum atomic E-state index is -4.92. The number of ketones is 1. The number of aliphatic carboxylic acids is 1. The number of carbonyl (C=O) groups excluding carboxylic acids is 2. The topological polar surface area (TPSA) is 92.5 Å². The maximum atomic E-state index is 14.7. The number of aromatic nitrogens is 2. The number of rotatable bonds is 7. The molecule has 2 aromatic rings. The molecular formula is C32H37F4N3O4. The first-order chi connectivity index (χ1) is 20.0. The molecule has 0 radical (unpaired) electrons. The summed E-state index contributed by atoms with van der Waals surface area (Å²) in [5.41, 5.74) is -0.824. The molecule has 0 saturated heterocycles. The van der Waals surface area contributed by atoms with E-state index < -0.39 is 65.5 Å². The summed E-state index contributed by atoms with van der Waals surface area (Å²) in [4.78, 5) is 40.7. The Morgan fingerprint density at radius 1 is 1.12 bits per heavy atom. The lowest BCUT2D eigenvalue weighted by Gasteiger charge is -2.37. The van der Waals surface area contributed by atoms with E-state index >= 15 is 0 Å². The lowest BCUT2D eigenvalue weighted by Crippen LogP contribution is -2.46. The quantitative estimate of drug-likeness (QED) is 0.284. The fourth-order valence-electron chi connectivity index (χ4n) is 9.25. The summed E-state index contributed by atoms with van der Waals surface area (Å²) >= 11 is 0. The summed E-state index contributed by atoms with van der Waals surface area (Å²) in [5.74, 6) is -4.00. The van der Waals surface area contributed by atoms with Crippen LogP contribution in [0.15, 0.2) is 18.3 Å². The highest BCUT2D eigenvalue weighted by Crippen LogP contribution is 3.02. The van der Waals surface area contributed by atoms with Crippen LogP contribution in [-0.2, 0) is 11.0 Å². The predicted molar refractivity (Wildman–Crippen MR) is 148 cm³/mol. The Labute approximate surface area is 247 Å². The minimum Gasteiger partial charge on any atom is -0.481 e. The van der Waals surface area contributed by atoms with Gasteiger partial charge < -0.3 is 10.0 Å². The van der Waals surface area contributed by atoms with Crippen LogP contribution in [0.1, 0.15) is 103 Å². The van der Waals surface area contributed by atoms with E-state index in [-0.39, 0.29) is 52.6 Å². The van der Waals surface area contributed by atoms with Crippen molar-refractivity contribution < 1.29 is 37.1 Å². The maximum absolute atomic E-state index is 14.7. The number of halogens is 4. The van der Waals surface area contributed by atoms with Crippen molar-refractivity contribution in [1.82, 2.24) is 14.7 Å². The molecule has 6 atom stereocenters. The highest BCUT2D eigenvalue weighted by molar-refractivity contribution is 6.04. The first-order valence-corrected chi connectivity index (χ1v) is 14.9. The number of carboxylic acid groups (broad SMARTS) is 1. The normalized spacial score (nSPS) is 32.1. The van der Waals surface area contributed by atoms with Crippen LogP contribution in [0.2, 0.25) is 0 Å². The summed E-state index contributed by atoms with van der Waals surface area (Å²) < 4.78 is 59.3. The van der Waals surface area contributed by atoms with E-state index in [4.69, 9.17) is 0 Å². The van der Waals surface area contributed by atoms with Crippen molar-refractivity contribution in [3.05, 3.63) is 52.1 Å². The zero-order chi connectivity index (χ0) is 31.4. The van der Waals surface area contributed by atoms with Crippen LogP contribution in [-0.4, -0.2) is 50.0 Å². The SMILES string of the molecule is Cc1ccc(F)c(C)c1C(=O)CN(C(=O)c1cnn([C@H]2CC[C@H](C(=O)O)[C@H](C)C2)c1C(F)(F)F)C1CC23C[C@]2(C1)C3(C)C. The van der Waals surface area contributed by atoms with Gasteiger partial charge in [-0.25, -0.2) is 4.39 Å². The number of benzene rings is 1. The van der Waals surface area contributed by atoms with Crippen LogP contribution in [0.25, 0.3) is 0 Å². The molecule has 11 heteroatoms. The molecule has 1 aromatic carbocycles. The Bertz CT molecular complexity index is 1530. The third-order valence-electron chi connectivity index (χ3n) is 11.9. The Morgan fingerprint density at radius 3 is 2.33 bits per heavy atom. The van der Waals surface area contributed by atoms with Gasteiger partial charge >= 0.3 is 12.1 Å². The molecule has 4 fully saturated rings. The van der Waals surface area contributed by atoms with Gasteiger partial charge in [-0.2, -0.15) is 18.3 Å². The highest BCUT2D eigenvalue weighted by atomic mass is 19.4. The number of carboxylic acids is 1. The van der Waals surface area contributed by atoms with Gasteiger partial charge in [-0.15, -0.1) is 0 Å². The average molecular weight is 604 g/mol. The van der Waals surface area contributed by atoms with Crippen molar-refractivity contribution in [3.8, 4) is 0 Å². The minimum absolute atomic E-state index is 0.0346. The van der Waals surface area contributed by atoms with Crippen LogP contribution < -0.4 is 0 Å². The molecule has 7 nitrogen and oxygen atoms in total. The van der Waals surface area contributed by atoms with Crippen molar-refractivity contribution in [2.45, 2.75) is 91.4 Å². The average Bonchev–Trinajstić information content (AvgIpc) is 3.40. The first kappa shape index (κ1) is 29.8. The second kappa shape index (κ2) is 9.38. The molecule has 1 aromatic heterocycles. The number of carbonyl (C=O) groups is 3. The number of Topliss-reactive ketones (excluding diaryl/α,β-unsaturated/α-hetero) is 1. The zero-order valence-corrected chi connectivity index (χ0v) is 25.0. The predicted octanol–water partition coefficient (Wildman–Crippen LogP) is 6.62. The molecule has 0 aliphatic heterocycles. The molecule has 4 saturated carbocycles. The van der Waals surface area contributed by atoms with Gasteiger partial charge in [0.15, 0.2) is 11.5 Å². The van der Waals surface area contributed by atoms with Crippen molar-refractivity contribution in [3.63, 3.8) is 0 Å². The standard InChI is InChI=1S/C32H37F4N3O4/c1-16-6-9-23(33)18(3)25(16)24(40)14-38(20-11-30-15-31(30,12-20)29(30,4)5)27(41)22-13-37-39(26(22)32(34,35)36)19-7-8-21(28(42)43)17(2)10-19/h6,9,13,17,19-21H,7-8,10-12,14-15H2,1-5H3,(H,42,43)/t17-,19+,20?,21+,30-,31?/m1/s1.